The second-order valence-electron chi connectivity index (χ2n) is 6.77. The van der Waals surface area contributed by atoms with Crippen molar-refractivity contribution >= 4 is 46.1 Å². The molecule has 3 rings (SSSR count). The van der Waals surface area contributed by atoms with Crippen molar-refractivity contribution in [3.8, 4) is 0 Å². The normalized spacial score (nSPS) is 16.1. The molecule has 0 N–H and O–H groups in total. The summed E-state index contributed by atoms with van der Waals surface area (Å²) < 4.78 is 39.8. The average molecular weight is 472 g/mol. The highest BCUT2D eigenvalue weighted by Gasteiger charge is 2.41. The Hall–Kier alpha value is -2.27. The number of imide groups is 1. The Kier molecular flexibility index (Phi) is 7.47. The summed E-state index contributed by atoms with van der Waals surface area (Å²) in [6, 6.07) is 4.82. The van der Waals surface area contributed by atoms with Crippen LogP contribution < -0.4 is 0 Å². The quantitative estimate of drug-likeness (QED) is 0.213. The number of alkyl halides is 3. The predicted octanol–water partition coefficient (Wildman–Crippen LogP) is 5.33. The SMILES string of the molecule is CCC/C=C1/SC(=O)N(CCCCSc2cccc3ncc(C(=O)C(F)(F)F)n23)C1=O. The third-order valence-corrected chi connectivity index (χ3v) is 6.57. The Morgan fingerprint density at radius 2 is 2.03 bits per heavy atom. The Morgan fingerprint density at radius 1 is 1.26 bits per heavy atom. The lowest BCUT2D eigenvalue weighted by atomic mass is 10.3. The minimum Gasteiger partial charge on any atom is -0.284 e. The number of carbonyl (C=O) groups excluding carboxylic acids is 3. The summed E-state index contributed by atoms with van der Waals surface area (Å²) in [4.78, 5) is 41.6. The molecule has 1 aliphatic heterocycles. The molecule has 0 spiro atoms. The van der Waals surface area contributed by atoms with Crippen LogP contribution in [0.3, 0.4) is 0 Å². The van der Waals surface area contributed by atoms with Gasteiger partial charge in [0, 0.05) is 6.54 Å². The molecule has 2 amide bonds. The number of nitrogens with zero attached hydrogens (tertiary/aromatic N) is 3. The monoisotopic (exact) mass is 471 g/mol. The molecule has 2 aromatic heterocycles. The number of amides is 2. The molecule has 3 heterocycles. The fourth-order valence-electron chi connectivity index (χ4n) is 2.98. The number of imidazole rings is 1. The first-order chi connectivity index (χ1) is 14.7. The molecule has 0 unspecified atom stereocenters. The van der Waals surface area contributed by atoms with E-state index in [0.717, 1.165) is 30.8 Å². The number of ketones is 1. The van der Waals surface area contributed by atoms with Gasteiger partial charge in [-0.1, -0.05) is 25.5 Å². The average Bonchev–Trinajstić information content (AvgIpc) is 3.27. The van der Waals surface area contributed by atoms with Crippen LogP contribution in [0.2, 0.25) is 0 Å². The highest BCUT2D eigenvalue weighted by atomic mass is 32.2. The molecule has 31 heavy (non-hydrogen) atoms. The minimum atomic E-state index is -4.98. The summed E-state index contributed by atoms with van der Waals surface area (Å²) in [5.41, 5.74) is -0.267. The first-order valence-corrected chi connectivity index (χ1v) is 11.5. The maximum atomic E-state index is 12.9. The van der Waals surface area contributed by atoms with E-state index in [1.165, 1.54) is 27.1 Å². The lowest BCUT2D eigenvalue weighted by molar-refractivity contribution is -0.122. The number of pyridine rings is 1. The number of hydrogen-bond donors (Lipinski definition) is 0. The zero-order valence-electron chi connectivity index (χ0n) is 16.6. The third-order valence-electron chi connectivity index (χ3n) is 4.50. The van der Waals surface area contributed by atoms with Crippen molar-refractivity contribution in [2.75, 3.05) is 12.3 Å². The molecule has 1 saturated heterocycles. The van der Waals surface area contributed by atoms with Crippen LogP contribution in [-0.2, 0) is 4.79 Å². The highest BCUT2D eigenvalue weighted by Crippen LogP contribution is 2.31. The maximum absolute atomic E-state index is 12.9. The molecular formula is C20H20F3N3O3S2. The van der Waals surface area contributed by atoms with Crippen molar-refractivity contribution in [3.63, 3.8) is 0 Å². The first kappa shape index (κ1) is 23.4. The standard InChI is InChI=1S/C20H20F3N3O3S2/c1-2-3-7-14-18(28)25(19(29)31-14)10-4-5-11-30-16-9-6-8-15-24-12-13(26(15)16)17(27)20(21,22)23/h6-9,12H,2-5,10-11H2,1H3/b14-7+. The molecule has 0 aromatic carbocycles. The van der Waals surface area contributed by atoms with Crippen molar-refractivity contribution < 1.29 is 27.6 Å². The molecule has 1 aliphatic rings. The zero-order chi connectivity index (χ0) is 22.6. The van der Waals surface area contributed by atoms with Crippen molar-refractivity contribution in [1.29, 1.82) is 0 Å². The lowest BCUT2D eigenvalue weighted by Crippen LogP contribution is -2.29. The number of allylic oxidation sites excluding steroid dienone is 1. The molecule has 6 nitrogen and oxygen atoms in total. The Balaban J connectivity index is 1.58. The van der Waals surface area contributed by atoms with Crippen LogP contribution in [0.15, 0.2) is 40.4 Å². The summed E-state index contributed by atoms with van der Waals surface area (Å²) in [6.45, 7) is 2.28. The van der Waals surface area contributed by atoms with E-state index in [4.69, 9.17) is 0 Å². The maximum Gasteiger partial charge on any atom is 0.456 e. The van der Waals surface area contributed by atoms with Gasteiger partial charge in [-0.15, -0.1) is 11.8 Å². The zero-order valence-corrected chi connectivity index (χ0v) is 18.3. The van der Waals surface area contributed by atoms with Crippen LogP contribution in [0.4, 0.5) is 18.0 Å². The van der Waals surface area contributed by atoms with Gasteiger partial charge in [0.25, 0.3) is 16.9 Å². The molecular weight excluding hydrogens is 451 g/mol. The number of carbonyl (C=O) groups is 3. The van der Waals surface area contributed by atoms with E-state index >= 15 is 0 Å². The molecule has 0 bridgehead atoms. The van der Waals surface area contributed by atoms with Crippen LogP contribution >= 0.6 is 23.5 Å². The molecule has 1 fully saturated rings. The molecule has 0 saturated carbocycles. The van der Waals surface area contributed by atoms with Gasteiger partial charge in [-0.25, -0.2) is 4.98 Å². The summed E-state index contributed by atoms with van der Waals surface area (Å²) in [7, 11) is 0. The smallest absolute Gasteiger partial charge is 0.284 e. The fourth-order valence-corrected chi connectivity index (χ4v) is 4.90. The molecule has 0 atom stereocenters. The number of Topliss-reactive ketones (excluding diaryl/α,β-unsaturated/α-hetero) is 1. The molecule has 11 heteroatoms. The van der Waals surface area contributed by atoms with E-state index in [1.807, 2.05) is 6.92 Å². The van der Waals surface area contributed by atoms with Crippen LogP contribution in [0.25, 0.3) is 5.65 Å². The fraction of sp³-hybridized carbons (Fsp3) is 0.400. The first-order valence-electron chi connectivity index (χ1n) is 9.68. The van der Waals surface area contributed by atoms with Crippen molar-refractivity contribution in [3.05, 3.63) is 41.1 Å². The molecule has 0 radical (unpaired) electrons. The van der Waals surface area contributed by atoms with Gasteiger partial charge >= 0.3 is 6.18 Å². The van der Waals surface area contributed by atoms with Gasteiger partial charge in [0.2, 0.25) is 0 Å². The summed E-state index contributed by atoms with van der Waals surface area (Å²) >= 11 is 2.24. The Morgan fingerprint density at radius 3 is 2.74 bits per heavy atom. The number of fused-ring (bicyclic) bond motifs is 1. The van der Waals surface area contributed by atoms with Gasteiger partial charge in [-0.2, -0.15) is 13.2 Å². The number of unbranched alkanes of at least 4 members (excludes halogenated alkanes) is 2. The topological polar surface area (TPSA) is 71.8 Å². The summed E-state index contributed by atoms with van der Waals surface area (Å²) in [5.74, 6) is -1.67. The number of thioether (sulfide) groups is 2. The van der Waals surface area contributed by atoms with Crippen LogP contribution in [0.5, 0.6) is 0 Å². The van der Waals surface area contributed by atoms with Crippen LogP contribution in [0.1, 0.15) is 43.1 Å². The summed E-state index contributed by atoms with van der Waals surface area (Å²) in [6.07, 6.45) is 0.569. The Bertz CT molecular complexity index is 1030. The van der Waals surface area contributed by atoms with Crippen molar-refractivity contribution in [2.45, 2.75) is 43.8 Å². The van der Waals surface area contributed by atoms with Crippen molar-refractivity contribution in [1.82, 2.24) is 14.3 Å². The number of rotatable bonds is 9. The predicted molar refractivity (Wildman–Crippen MR) is 113 cm³/mol. The lowest BCUT2D eigenvalue weighted by Gasteiger charge is -2.12. The second kappa shape index (κ2) is 9.90. The number of aromatic nitrogens is 2. The van der Waals surface area contributed by atoms with E-state index < -0.39 is 17.7 Å². The van der Waals surface area contributed by atoms with Gasteiger partial charge in [0.05, 0.1) is 16.1 Å². The third kappa shape index (κ3) is 5.32. The molecule has 166 valence electrons. The number of halogens is 3. The Labute approximate surface area is 185 Å². The van der Waals surface area contributed by atoms with Gasteiger partial charge in [-0.3, -0.25) is 23.7 Å². The van der Waals surface area contributed by atoms with Gasteiger partial charge in [-0.05, 0) is 48.9 Å². The van der Waals surface area contributed by atoms with Gasteiger partial charge in [0.15, 0.2) is 0 Å². The summed E-state index contributed by atoms with van der Waals surface area (Å²) in [5, 5.41) is 0.190. The van der Waals surface area contributed by atoms with Crippen LogP contribution in [0, 0.1) is 0 Å². The van der Waals surface area contributed by atoms with E-state index in [0.29, 0.717) is 35.1 Å². The highest BCUT2D eigenvalue weighted by molar-refractivity contribution is 8.18. The second-order valence-corrected chi connectivity index (χ2v) is 8.87. The van der Waals surface area contributed by atoms with Gasteiger partial charge < -0.3 is 0 Å². The van der Waals surface area contributed by atoms with Gasteiger partial charge in [0.1, 0.15) is 11.3 Å². The van der Waals surface area contributed by atoms with E-state index in [1.54, 1.807) is 18.2 Å². The number of hydrogen-bond acceptors (Lipinski definition) is 6. The largest absolute Gasteiger partial charge is 0.456 e. The minimum absolute atomic E-state index is 0.259. The molecule has 2 aromatic rings. The molecule has 0 aliphatic carbocycles. The van der Waals surface area contributed by atoms with E-state index in [9.17, 15) is 27.6 Å². The van der Waals surface area contributed by atoms with E-state index in [-0.39, 0.29) is 16.8 Å². The van der Waals surface area contributed by atoms with E-state index in [2.05, 4.69) is 4.98 Å². The van der Waals surface area contributed by atoms with Crippen molar-refractivity contribution in [2.24, 2.45) is 0 Å². The van der Waals surface area contributed by atoms with Crippen LogP contribution in [-0.4, -0.2) is 49.7 Å².